The zero-order chi connectivity index (χ0) is 20.7. The van der Waals surface area contributed by atoms with Gasteiger partial charge in [-0.1, -0.05) is 13.0 Å². The highest BCUT2D eigenvalue weighted by Crippen LogP contribution is 2.16. The second-order valence-corrected chi connectivity index (χ2v) is 7.83. The second-order valence-electron chi connectivity index (χ2n) is 6.07. The Labute approximate surface area is 164 Å². The Hall–Kier alpha value is -2.71. The third-order valence-electron chi connectivity index (χ3n) is 3.95. The van der Waals surface area contributed by atoms with E-state index in [9.17, 15) is 18.0 Å². The third kappa shape index (κ3) is 5.40. The highest BCUT2D eigenvalue weighted by Gasteiger charge is 2.22. The minimum Gasteiger partial charge on any atom is -0.497 e. The van der Waals surface area contributed by atoms with Crippen LogP contribution in [0.3, 0.4) is 0 Å². The van der Waals surface area contributed by atoms with Gasteiger partial charge in [0.15, 0.2) is 6.10 Å². The van der Waals surface area contributed by atoms with Crippen molar-refractivity contribution in [2.45, 2.75) is 31.3 Å². The molecule has 150 valence electrons. The summed E-state index contributed by atoms with van der Waals surface area (Å²) in [5, 5.41) is 0. The van der Waals surface area contributed by atoms with Crippen LogP contribution >= 0.6 is 0 Å². The quantitative estimate of drug-likeness (QED) is 0.509. The van der Waals surface area contributed by atoms with Crippen LogP contribution in [0.1, 0.15) is 41.0 Å². The van der Waals surface area contributed by atoms with Gasteiger partial charge in [-0.25, -0.2) is 17.9 Å². The van der Waals surface area contributed by atoms with Crippen LogP contribution in [-0.4, -0.2) is 39.9 Å². The summed E-state index contributed by atoms with van der Waals surface area (Å²) < 4.78 is 37.1. The Morgan fingerprint density at radius 2 is 1.75 bits per heavy atom. The molecule has 2 aromatic carbocycles. The van der Waals surface area contributed by atoms with Crippen LogP contribution in [0.15, 0.2) is 53.4 Å². The van der Waals surface area contributed by atoms with Gasteiger partial charge in [0.1, 0.15) is 5.75 Å². The van der Waals surface area contributed by atoms with Crippen LogP contribution in [-0.2, 0) is 14.8 Å². The lowest BCUT2D eigenvalue weighted by Gasteiger charge is -2.13. The van der Waals surface area contributed by atoms with Crippen LogP contribution in [0.5, 0.6) is 5.75 Å². The van der Waals surface area contributed by atoms with E-state index in [0.717, 1.165) is 0 Å². The highest BCUT2D eigenvalue weighted by atomic mass is 32.2. The number of sulfonamides is 1. The number of hydrogen-bond acceptors (Lipinski definition) is 6. The molecule has 0 spiro atoms. The molecule has 8 heteroatoms. The maximum absolute atomic E-state index is 12.4. The van der Waals surface area contributed by atoms with Crippen molar-refractivity contribution in [3.8, 4) is 5.75 Å². The van der Waals surface area contributed by atoms with Crippen molar-refractivity contribution in [1.82, 2.24) is 4.72 Å². The summed E-state index contributed by atoms with van der Waals surface area (Å²) in [7, 11) is -2.19. The number of ether oxygens (including phenoxy) is 2. The van der Waals surface area contributed by atoms with Gasteiger partial charge in [0.05, 0.1) is 17.6 Å². The number of hydrogen-bond donors (Lipinski definition) is 1. The molecule has 2 rings (SSSR count). The number of benzene rings is 2. The molecule has 0 amide bonds. The van der Waals surface area contributed by atoms with E-state index in [1.54, 1.807) is 24.3 Å². The summed E-state index contributed by atoms with van der Waals surface area (Å²) in [4.78, 5) is 24.8. The predicted octanol–water partition coefficient (Wildman–Crippen LogP) is 2.81. The summed E-state index contributed by atoms with van der Waals surface area (Å²) in [6.07, 6.45) is -0.384. The van der Waals surface area contributed by atoms with Crippen LogP contribution in [0.25, 0.3) is 0 Å². The van der Waals surface area contributed by atoms with Crippen molar-refractivity contribution in [3.63, 3.8) is 0 Å². The molecule has 1 N–H and O–H groups in total. The summed E-state index contributed by atoms with van der Waals surface area (Å²) >= 11 is 0. The number of carbonyl (C=O) groups excluding carboxylic acids is 2. The molecule has 0 aliphatic rings. The van der Waals surface area contributed by atoms with Gasteiger partial charge in [-0.3, -0.25) is 4.79 Å². The van der Waals surface area contributed by atoms with Gasteiger partial charge in [-0.2, -0.15) is 0 Å². The van der Waals surface area contributed by atoms with Gasteiger partial charge in [0, 0.05) is 12.1 Å². The van der Waals surface area contributed by atoms with Crippen LogP contribution in [0.2, 0.25) is 0 Å². The topological polar surface area (TPSA) is 98.8 Å². The van der Waals surface area contributed by atoms with Gasteiger partial charge in [0.2, 0.25) is 15.8 Å². The van der Waals surface area contributed by atoms with E-state index in [4.69, 9.17) is 9.47 Å². The molecule has 0 aliphatic heterocycles. The lowest BCUT2D eigenvalue weighted by atomic mass is 10.1. The Morgan fingerprint density at radius 1 is 1.07 bits per heavy atom. The fourth-order valence-electron chi connectivity index (χ4n) is 2.38. The summed E-state index contributed by atoms with van der Waals surface area (Å²) in [6.45, 7) is 3.61. The Balaban J connectivity index is 2.11. The SMILES string of the molecule is CCCNS(=O)(=O)c1cccc(C(=O)O[C@@H](C)C(=O)c2ccc(OC)cc2)c1. The molecular weight excluding hydrogens is 382 g/mol. The predicted molar refractivity (Wildman–Crippen MR) is 104 cm³/mol. The summed E-state index contributed by atoms with van der Waals surface area (Å²) in [6, 6.07) is 11.9. The lowest BCUT2D eigenvalue weighted by molar-refractivity contribution is 0.0318. The molecular formula is C20H23NO6S. The molecule has 7 nitrogen and oxygen atoms in total. The molecule has 0 saturated heterocycles. The van der Waals surface area contributed by atoms with Crippen molar-refractivity contribution in [2.75, 3.05) is 13.7 Å². The number of carbonyl (C=O) groups is 2. The smallest absolute Gasteiger partial charge is 0.338 e. The highest BCUT2D eigenvalue weighted by molar-refractivity contribution is 7.89. The largest absolute Gasteiger partial charge is 0.497 e. The van der Waals surface area contributed by atoms with Crippen molar-refractivity contribution in [2.24, 2.45) is 0 Å². The first kappa shape index (κ1) is 21.6. The molecule has 0 bridgehead atoms. The Bertz CT molecular complexity index is 937. The average molecular weight is 405 g/mol. The molecule has 0 unspecified atom stereocenters. The summed E-state index contributed by atoms with van der Waals surface area (Å²) in [5.74, 6) is -0.540. The van der Waals surface area contributed by atoms with E-state index in [0.29, 0.717) is 24.3 Å². The van der Waals surface area contributed by atoms with E-state index in [1.165, 1.54) is 38.3 Å². The zero-order valence-corrected chi connectivity index (χ0v) is 16.8. The fourth-order valence-corrected chi connectivity index (χ4v) is 3.56. The van der Waals surface area contributed by atoms with E-state index in [2.05, 4.69) is 4.72 Å². The van der Waals surface area contributed by atoms with Gasteiger partial charge >= 0.3 is 5.97 Å². The van der Waals surface area contributed by atoms with Gasteiger partial charge in [0.25, 0.3) is 0 Å². The monoisotopic (exact) mass is 405 g/mol. The van der Waals surface area contributed by atoms with E-state index in [-0.39, 0.29) is 16.2 Å². The maximum atomic E-state index is 12.4. The van der Waals surface area contributed by atoms with Crippen LogP contribution in [0, 0.1) is 0 Å². The van der Waals surface area contributed by atoms with Crippen molar-refractivity contribution in [1.29, 1.82) is 0 Å². The molecule has 0 radical (unpaired) electrons. The maximum Gasteiger partial charge on any atom is 0.338 e. The van der Waals surface area contributed by atoms with Gasteiger partial charge in [-0.05, 0) is 55.8 Å². The van der Waals surface area contributed by atoms with Crippen molar-refractivity contribution < 1.29 is 27.5 Å². The lowest BCUT2D eigenvalue weighted by Crippen LogP contribution is -2.26. The normalized spacial score (nSPS) is 12.2. The van der Waals surface area contributed by atoms with Crippen LogP contribution in [0.4, 0.5) is 0 Å². The van der Waals surface area contributed by atoms with Crippen molar-refractivity contribution in [3.05, 3.63) is 59.7 Å². The number of esters is 1. The minimum absolute atomic E-state index is 0.0375. The molecule has 0 fully saturated rings. The zero-order valence-electron chi connectivity index (χ0n) is 16.0. The third-order valence-corrected chi connectivity index (χ3v) is 5.41. The van der Waals surface area contributed by atoms with Gasteiger partial charge < -0.3 is 9.47 Å². The average Bonchev–Trinajstić information content (AvgIpc) is 2.71. The second kappa shape index (κ2) is 9.48. The molecule has 0 heterocycles. The molecule has 1 atom stereocenters. The van der Waals surface area contributed by atoms with Crippen LogP contribution < -0.4 is 9.46 Å². The first-order chi connectivity index (χ1) is 13.3. The molecule has 0 aliphatic carbocycles. The molecule has 0 saturated carbocycles. The van der Waals surface area contributed by atoms with Crippen molar-refractivity contribution >= 4 is 21.8 Å². The first-order valence-electron chi connectivity index (χ1n) is 8.77. The first-order valence-corrected chi connectivity index (χ1v) is 10.3. The number of ketones is 1. The van der Waals surface area contributed by atoms with E-state index in [1.807, 2.05) is 6.92 Å². The fraction of sp³-hybridized carbons (Fsp3) is 0.300. The standard InChI is InChI=1S/C20H23NO6S/c1-4-12-21-28(24,25)18-7-5-6-16(13-18)20(23)27-14(2)19(22)15-8-10-17(26-3)11-9-15/h5-11,13-14,21H,4,12H2,1-3H3/t14-/m0/s1. The molecule has 2 aromatic rings. The summed E-state index contributed by atoms with van der Waals surface area (Å²) in [5.41, 5.74) is 0.426. The molecule has 0 aromatic heterocycles. The minimum atomic E-state index is -3.71. The number of Topliss-reactive ketones (excluding diaryl/α,β-unsaturated/α-hetero) is 1. The molecule has 28 heavy (non-hydrogen) atoms. The van der Waals surface area contributed by atoms with E-state index < -0.39 is 22.1 Å². The Morgan fingerprint density at radius 3 is 2.36 bits per heavy atom. The Kier molecular flexibility index (Phi) is 7.31. The number of methoxy groups -OCH3 is 1. The number of nitrogens with one attached hydrogen (secondary N) is 1. The van der Waals surface area contributed by atoms with Gasteiger partial charge in [-0.15, -0.1) is 0 Å². The van der Waals surface area contributed by atoms with E-state index >= 15 is 0 Å². The number of rotatable bonds is 9.